The van der Waals surface area contributed by atoms with Crippen LogP contribution in [0.15, 0.2) is 0 Å². The van der Waals surface area contributed by atoms with Gasteiger partial charge in [-0.05, 0) is 25.7 Å². The van der Waals surface area contributed by atoms with E-state index in [1.807, 2.05) is 0 Å². The summed E-state index contributed by atoms with van der Waals surface area (Å²) in [6.07, 6.45) is 3.90. The van der Waals surface area contributed by atoms with Gasteiger partial charge in [-0.3, -0.25) is 4.79 Å². The molecule has 0 aromatic heterocycles. The highest BCUT2D eigenvalue weighted by atomic mass is 16.5. The Labute approximate surface area is 94.2 Å². The maximum absolute atomic E-state index is 11.8. The molecule has 2 rings (SSSR count). The molecule has 0 unspecified atom stereocenters. The molecule has 0 spiro atoms. The van der Waals surface area contributed by atoms with E-state index < -0.39 is 17.6 Å². The van der Waals surface area contributed by atoms with Crippen LogP contribution in [0.5, 0.6) is 0 Å². The second-order valence-electron chi connectivity index (χ2n) is 4.59. The average Bonchev–Trinajstić information content (AvgIpc) is 2.88. The number of carboxylic acids is 1. The third-order valence-electron chi connectivity index (χ3n) is 3.45. The first-order chi connectivity index (χ1) is 7.64. The Morgan fingerprint density at radius 2 is 1.94 bits per heavy atom. The van der Waals surface area contributed by atoms with E-state index >= 15 is 0 Å². The molecule has 90 valence electrons. The lowest BCUT2D eigenvalue weighted by molar-refractivity contribution is -0.149. The smallest absolute Gasteiger partial charge is 0.329 e. The van der Waals surface area contributed by atoms with Crippen LogP contribution in [0.25, 0.3) is 0 Å². The summed E-state index contributed by atoms with van der Waals surface area (Å²) in [6.45, 7) is 0.595. The maximum Gasteiger partial charge on any atom is 0.329 e. The molecule has 0 radical (unpaired) electrons. The Kier molecular flexibility index (Phi) is 3.14. The second-order valence-corrected chi connectivity index (χ2v) is 4.59. The van der Waals surface area contributed by atoms with Gasteiger partial charge < -0.3 is 15.2 Å². The Morgan fingerprint density at radius 1 is 1.25 bits per heavy atom. The monoisotopic (exact) mass is 227 g/mol. The number of aliphatic carboxylic acids is 1. The summed E-state index contributed by atoms with van der Waals surface area (Å²) in [6, 6.07) is 0. The van der Waals surface area contributed by atoms with Crippen LogP contribution in [0.3, 0.4) is 0 Å². The Hall–Kier alpha value is -1.10. The molecule has 0 aromatic rings. The predicted octanol–water partition coefficient (Wildman–Crippen LogP) is 0.679. The van der Waals surface area contributed by atoms with Crippen molar-refractivity contribution in [1.82, 2.24) is 5.32 Å². The van der Waals surface area contributed by atoms with Crippen LogP contribution in [0, 0.1) is 0 Å². The van der Waals surface area contributed by atoms with Gasteiger partial charge in [0.25, 0.3) is 0 Å². The highest BCUT2D eigenvalue weighted by molar-refractivity contribution is 5.89. The molecule has 16 heavy (non-hydrogen) atoms. The molecule has 0 aromatic carbocycles. The van der Waals surface area contributed by atoms with E-state index in [0.29, 0.717) is 25.9 Å². The van der Waals surface area contributed by atoms with Crippen LogP contribution in [-0.4, -0.2) is 35.2 Å². The molecule has 5 nitrogen and oxygen atoms in total. The van der Waals surface area contributed by atoms with E-state index in [2.05, 4.69) is 5.32 Å². The van der Waals surface area contributed by atoms with Gasteiger partial charge in [0.05, 0.1) is 0 Å². The molecule has 2 aliphatic rings. The van der Waals surface area contributed by atoms with Gasteiger partial charge in [0.1, 0.15) is 11.6 Å². The van der Waals surface area contributed by atoms with E-state index in [9.17, 15) is 14.7 Å². The summed E-state index contributed by atoms with van der Waals surface area (Å²) < 4.78 is 5.24. The second kappa shape index (κ2) is 4.41. The highest BCUT2D eigenvalue weighted by Crippen LogP contribution is 2.30. The van der Waals surface area contributed by atoms with Crippen LogP contribution in [0.1, 0.15) is 38.5 Å². The zero-order valence-corrected chi connectivity index (χ0v) is 9.20. The van der Waals surface area contributed by atoms with E-state index in [1.165, 1.54) is 0 Å². The molecule has 1 amide bonds. The van der Waals surface area contributed by atoms with Crippen molar-refractivity contribution in [2.24, 2.45) is 0 Å². The molecule has 1 atom stereocenters. The van der Waals surface area contributed by atoms with E-state index in [1.54, 1.807) is 0 Å². The summed E-state index contributed by atoms with van der Waals surface area (Å²) >= 11 is 0. The van der Waals surface area contributed by atoms with Crippen LogP contribution < -0.4 is 5.32 Å². The Morgan fingerprint density at radius 3 is 2.44 bits per heavy atom. The van der Waals surface area contributed by atoms with Gasteiger partial charge in [0.2, 0.25) is 5.91 Å². The van der Waals surface area contributed by atoms with Crippen LogP contribution in [0.4, 0.5) is 0 Å². The molecule has 1 aliphatic carbocycles. The fourth-order valence-electron chi connectivity index (χ4n) is 2.47. The summed E-state index contributed by atoms with van der Waals surface area (Å²) in [5.41, 5.74) is -1.04. The number of ether oxygens (including phenoxy) is 1. The lowest BCUT2D eigenvalue weighted by atomic mass is 9.97. The Balaban J connectivity index is 2.00. The minimum absolute atomic E-state index is 0.262. The van der Waals surface area contributed by atoms with Crippen molar-refractivity contribution in [3.05, 3.63) is 0 Å². The zero-order chi connectivity index (χ0) is 11.6. The fraction of sp³-hybridized carbons (Fsp3) is 0.818. The van der Waals surface area contributed by atoms with Gasteiger partial charge in [-0.25, -0.2) is 4.79 Å². The number of carbonyl (C=O) groups is 2. The normalized spacial score (nSPS) is 27.9. The van der Waals surface area contributed by atoms with Gasteiger partial charge in [0.15, 0.2) is 0 Å². The van der Waals surface area contributed by atoms with E-state index in [0.717, 1.165) is 19.3 Å². The van der Waals surface area contributed by atoms with Crippen molar-refractivity contribution in [2.75, 3.05) is 6.61 Å². The molecule has 1 aliphatic heterocycles. The van der Waals surface area contributed by atoms with E-state index in [4.69, 9.17) is 4.74 Å². The van der Waals surface area contributed by atoms with Crippen LogP contribution >= 0.6 is 0 Å². The molecule has 5 heteroatoms. The largest absolute Gasteiger partial charge is 0.480 e. The molecule has 2 N–H and O–H groups in total. The quantitative estimate of drug-likeness (QED) is 0.743. The van der Waals surface area contributed by atoms with Crippen molar-refractivity contribution < 1.29 is 19.4 Å². The average molecular weight is 227 g/mol. The van der Waals surface area contributed by atoms with Gasteiger partial charge in [-0.2, -0.15) is 0 Å². The lowest BCUT2D eigenvalue weighted by Crippen LogP contribution is -2.55. The number of rotatable bonds is 3. The molecule has 2 fully saturated rings. The summed E-state index contributed by atoms with van der Waals surface area (Å²) in [5, 5.41) is 11.9. The number of hydrogen-bond acceptors (Lipinski definition) is 3. The van der Waals surface area contributed by atoms with Gasteiger partial charge in [-0.1, -0.05) is 12.8 Å². The van der Waals surface area contributed by atoms with Crippen molar-refractivity contribution in [2.45, 2.75) is 50.2 Å². The molecule has 0 bridgehead atoms. The van der Waals surface area contributed by atoms with E-state index in [-0.39, 0.29) is 5.91 Å². The molecule has 1 saturated carbocycles. The SMILES string of the molecule is O=C(NC1(C(=O)O)CCCC1)[C@@H]1CCCO1. The number of amides is 1. The zero-order valence-electron chi connectivity index (χ0n) is 9.20. The van der Waals surface area contributed by atoms with Gasteiger partial charge in [-0.15, -0.1) is 0 Å². The fourth-order valence-corrected chi connectivity index (χ4v) is 2.47. The van der Waals surface area contributed by atoms with Gasteiger partial charge >= 0.3 is 5.97 Å². The minimum Gasteiger partial charge on any atom is -0.480 e. The summed E-state index contributed by atoms with van der Waals surface area (Å²) in [7, 11) is 0. The molecular formula is C11H17NO4. The van der Waals surface area contributed by atoms with Crippen molar-refractivity contribution in [3.63, 3.8) is 0 Å². The molecule has 1 saturated heterocycles. The molecule has 1 heterocycles. The number of nitrogens with one attached hydrogen (secondary N) is 1. The standard InChI is InChI=1S/C11H17NO4/c13-9(8-4-3-7-16-8)12-11(10(14)15)5-1-2-6-11/h8H,1-7H2,(H,12,13)(H,14,15)/t8-/m0/s1. The van der Waals surface area contributed by atoms with Crippen molar-refractivity contribution in [3.8, 4) is 0 Å². The maximum atomic E-state index is 11.8. The molecular weight excluding hydrogens is 210 g/mol. The minimum atomic E-state index is -1.04. The number of carbonyl (C=O) groups excluding carboxylic acids is 1. The summed E-state index contributed by atoms with van der Waals surface area (Å²) in [4.78, 5) is 23.0. The van der Waals surface area contributed by atoms with Crippen LogP contribution in [0.2, 0.25) is 0 Å². The van der Waals surface area contributed by atoms with Crippen molar-refractivity contribution >= 4 is 11.9 Å². The first kappa shape index (κ1) is 11.4. The summed E-state index contributed by atoms with van der Waals surface area (Å²) in [5.74, 6) is -1.18. The Bertz CT molecular complexity index is 290. The third kappa shape index (κ3) is 2.04. The van der Waals surface area contributed by atoms with Gasteiger partial charge in [0, 0.05) is 6.61 Å². The van der Waals surface area contributed by atoms with Crippen LogP contribution in [-0.2, 0) is 14.3 Å². The first-order valence-electron chi connectivity index (χ1n) is 5.81. The topological polar surface area (TPSA) is 75.6 Å². The third-order valence-corrected chi connectivity index (χ3v) is 3.45. The van der Waals surface area contributed by atoms with Crippen molar-refractivity contribution in [1.29, 1.82) is 0 Å². The lowest BCUT2D eigenvalue weighted by Gasteiger charge is -2.26. The predicted molar refractivity (Wildman–Crippen MR) is 56.0 cm³/mol. The first-order valence-corrected chi connectivity index (χ1v) is 5.81. The number of hydrogen-bond donors (Lipinski definition) is 2. The highest BCUT2D eigenvalue weighted by Gasteiger charge is 2.44. The number of carboxylic acid groups (broad SMARTS) is 1.